The summed E-state index contributed by atoms with van der Waals surface area (Å²) in [6.07, 6.45) is -0.694. The molecule has 2 aromatic carbocycles. The van der Waals surface area contributed by atoms with E-state index in [1.807, 2.05) is 24.3 Å². The molecule has 33 heavy (non-hydrogen) atoms. The number of aliphatic hydroxyl groups is 1. The third-order valence-electron chi connectivity index (χ3n) is 4.55. The summed E-state index contributed by atoms with van der Waals surface area (Å²) < 4.78 is 9.63. The molecule has 0 saturated carbocycles. The van der Waals surface area contributed by atoms with Crippen LogP contribution in [0.25, 0.3) is 0 Å². The molecule has 2 atom stereocenters. The van der Waals surface area contributed by atoms with E-state index in [-0.39, 0.29) is 13.0 Å². The van der Waals surface area contributed by atoms with Crippen LogP contribution >= 0.6 is 0 Å². The number of hydrogen-bond donors (Lipinski definition) is 4. The van der Waals surface area contributed by atoms with Gasteiger partial charge in [-0.3, -0.25) is 14.4 Å². The largest absolute Gasteiger partial charge is 0.468 e. The quantitative estimate of drug-likeness (QED) is 0.355. The maximum atomic E-state index is 12.9. The lowest BCUT2D eigenvalue weighted by Gasteiger charge is -2.22. The fourth-order valence-corrected chi connectivity index (χ4v) is 2.79. The fraction of sp³-hybridized carbons (Fsp3) is 0.304. The summed E-state index contributed by atoms with van der Waals surface area (Å²) in [6, 6.07) is 15.6. The zero-order valence-corrected chi connectivity index (χ0v) is 18.2. The van der Waals surface area contributed by atoms with Crippen LogP contribution in [0.4, 0.5) is 4.79 Å². The first-order valence-electron chi connectivity index (χ1n) is 10.2. The minimum absolute atomic E-state index is 0.0154. The minimum atomic E-state index is -1.33. The van der Waals surface area contributed by atoms with Gasteiger partial charge >= 0.3 is 12.1 Å². The molecule has 0 aliphatic carbocycles. The van der Waals surface area contributed by atoms with Crippen molar-refractivity contribution in [3.05, 3.63) is 71.8 Å². The van der Waals surface area contributed by atoms with Crippen molar-refractivity contribution in [2.24, 2.45) is 0 Å². The molecule has 0 bridgehead atoms. The summed E-state index contributed by atoms with van der Waals surface area (Å²) in [6.45, 7) is -1.12. The maximum absolute atomic E-state index is 12.9. The zero-order chi connectivity index (χ0) is 24.1. The third kappa shape index (κ3) is 8.99. The molecular weight excluding hydrogens is 430 g/mol. The van der Waals surface area contributed by atoms with Crippen LogP contribution in [0.3, 0.4) is 0 Å². The number of amides is 3. The highest BCUT2D eigenvalue weighted by molar-refractivity contribution is 5.92. The first-order valence-corrected chi connectivity index (χ1v) is 10.2. The van der Waals surface area contributed by atoms with Crippen LogP contribution in [0, 0.1) is 0 Å². The SMILES string of the molecule is COC(=O)CNC(=O)[C@H](CO)NC(=O)[C@H](Cc1ccccc1)NC(=O)OCc1ccccc1. The number of hydrogen-bond acceptors (Lipinski definition) is 7. The van der Waals surface area contributed by atoms with Crippen molar-refractivity contribution in [2.45, 2.75) is 25.1 Å². The van der Waals surface area contributed by atoms with Gasteiger partial charge < -0.3 is 30.5 Å². The van der Waals surface area contributed by atoms with Crippen molar-refractivity contribution in [1.82, 2.24) is 16.0 Å². The molecule has 0 unspecified atom stereocenters. The molecule has 2 aromatic rings. The second-order valence-electron chi connectivity index (χ2n) is 6.99. The first-order chi connectivity index (χ1) is 15.9. The van der Waals surface area contributed by atoms with Crippen LogP contribution in [-0.4, -0.2) is 61.3 Å². The highest BCUT2D eigenvalue weighted by Gasteiger charge is 2.27. The number of rotatable bonds is 11. The van der Waals surface area contributed by atoms with Crippen molar-refractivity contribution in [3.63, 3.8) is 0 Å². The van der Waals surface area contributed by atoms with Gasteiger partial charge in [-0.25, -0.2) is 4.79 Å². The fourth-order valence-electron chi connectivity index (χ4n) is 2.79. The summed E-state index contributed by atoms with van der Waals surface area (Å²) in [5.41, 5.74) is 1.54. The topological polar surface area (TPSA) is 143 Å². The molecule has 0 radical (unpaired) electrons. The molecule has 0 aliphatic heterocycles. The molecule has 0 spiro atoms. The lowest BCUT2D eigenvalue weighted by Crippen LogP contribution is -2.56. The summed E-state index contributed by atoms with van der Waals surface area (Å²) in [5, 5.41) is 16.7. The molecule has 0 aromatic heterocycles. The Hall–Kier alpha value is -3.92. The number of carbonyl (C=O) groups excluding carboxylic acids is 4. The van der Waals surface area contributed by atoms with Crippen LogP contribution in [-0.2, 0) is 36.9 Å². The number of esters is 1. The minimum Gasteiger partial charge on any atom is -0.468 e. The Kier molecular flexibility index (Phi) is 10.4. The van der Waals surface area contributed by atoms with Crippen molar-refractivity contribution in [3.8, 4) is 0 Å². The van der Waals surface area contributed by atoms with Gasteiger partial charge in [-0.2, -0.15) is 0 Å². The van der Waals surface area contributed by atoms with Crippen molar-refractivity contribution in [2.75, 3.05) is 20.3 Å². The van der Waals surface area contributed by atoms with Gasteiger partial charge in [0.15, 0.2) is 0 Å². The van der Waals surface area contributed by atoms with E-state index in [4.69, 9.17) is 4.74 Å². The van der Waals surface area contributed by atoms with Gasteiger partial charge in [0, 0.05) is 6.42 Å². The van der Waals surface area contributed by atoms with Gasteiger partial charge in [-0.05, 0) is 11.1 Å². The number of aliphatic hydroxyl groups excluding tert-OH is 1. The zero-order valence-electron chi connectivity index (χ0n) is 18.2. The van der Waals surface area contributed by atoms with Gasteiger partial charge in [-0.15, -0.1) is 0 Å². The van der Waals surface area contributed by atoms with E-state index in [2.05, 4.69) is 20.7 Å². The van der Waals surface area contributed by atoms with Crippen molar-refractivity contribution in [1.29, 1.82) is 0 Å². The summed E-state index contributed by atoms with van der Waals surface area (Å²) in [7, 11) is 1.16. The molecule has 10 heteroatoms. The van der Waals surface area contributed by atoms with Gasteiger partial charge in [0.1, 0.15) is 25.2 Å². The Balaban J connectivity index is 2.03. The number of methoxy groups -OCH3 is 1. The molecule has 0 aliphatic rings. The Morgan fingerprint density at radius 2 is 1.45 bits per heavy atom. The molecule has 176 valence electrons. The number of benzene rings is 2. The summed E-state index contributed by atoms with van der Waals surface area (Å²) in [4.78, 5) is 48.6. The van der Waals surface area contributed by atoms with E-state index < -0.39 is 49.1 Å². The van der Waals surface area contributed by atoms with E-state index >= 15 is 0 Å². The molecule has 4 N–H and O–H groups in total. The Bertz CT molecular complexity index is 922. The van der Waals surface area contributed by atoms with E-state index in [1.165, 1.54) is 0 Å². The Morgan fingerprint density at radius 1 is 0.848 bits per heavy atom. The van der Waals surface area contributed by atoms with Crippen LogP contribution in [0.1, 0.15) is 11.1 Å². The monoisotopic (exact) mass is 457 g/mol. The number of nitrogens with one attached hydrogen (secondary N) is 3. The second-order valence-corrected chi connectivity index (χ2v) is 6.99. The van der Waals surface area contributed by atoms with Gasteiger partial charge in [0.05, 0.1) is 13.7 Å². The third-order valence-corrected chi connectivity index (χ3v) is 4.55. The predicted molar refractivity (Wildman–Crippen MR) is 118 cm³/mol. The van der Waals surface area contributed by atoms with E-state index in [0.717, 1.165) is 18.2 Å². The standard InChI is InChI=1S/C23H27N3O7/c1-32-20(28)13-24-21(29)19(14-27)25-22(30)18(12-16-8-4-2-5-9-16)26-23(31)33-15-17-10-6-3-7-11-17/h2-11,18-19,27H,12-15H2,1H3,(H,24,29)(H,25,30)(H,26,31)/t18-,19-/m0/s1. The van der Waals surface area contributed by atoms with Crippen LogP contribution < -0.4 is 16.0 Å². The Labute approximate surface area is 191 Å². The first kappa shape index (κ1) is 25.3. The number of carbonyl (C=O) groups is 4. The molecule has 0 fully saturated rings. The van der Waals surface area contributed by atoms with Gasteiger partial charge in [-0.1, -0.05) is 60.7 Å². The number of alkyl carbamates (subject to hydrolysis) is 1. The van der Waals surface area contributed by atoms with Gasteiger partial charge in [0.2, 0.25) is 11.8 Å². The summed E-state index contributed by atoms with van der Waals surface area (Å²) >= 11 is 0. The second kappa shape index (κ2) is 13.5. The molecular formula is C23H27N3O7. The van der Waals surface area contributed by atoms with Crippen molar-refractivity contribution < 1.29 is 33.8 Å². The summed E-state index contributed by atoms with van der Waals surface area (Å²) in [5.74, 6) is -2.17. The highest BCUT2D eigenvalue weighted by atomic mass is 16.5. The van der Waals surface area contributed by atoms with Crippen LogP contribution in [0.2, 0.25) is 0 Å². The molecule has 10 nitrogen and oxygen atoms in total. The molecule has 2 rings (SSSR count). The molecule has 0 heterocycles. The lowest BCUT2D eigenvalue weighted by molar-refractivity contribution is -0.141. The Morgan fingerprint density at radius 3 is 2.03 bits per heavy atom. The molecule has 0 saturated heterocycles. The predicted octanol–water partition coefficient (Wildman–Crippen LogP) is 0.290. The average molecular weight is 457 g/mol. The van der Waals surface area contributed by atoms with Gasteiger partial charge in [0.25, 0.3) is 0 Å². The lowest BCUT2D eigenvalue weighted by atomic mass is 10.0. The van der Waals surface area contributed by atoms with E-state index in [0.29, 0.717) is 0 Å². The average Bonchev–Trinajstić information content (AvgIpc) is 2.85. The van der Waals surface area contributed by atoms with E-state index in [1.54, 1.807) is 36.4 Å². The smallest absolute Gasteiger partial charge is 0.408 e. The highest BCUT2D eigenvalue weighted by Crippen LogP contribution is 2.06. The number of ether oxygens (including phenoxy) is 2. The maximum Gasteiger partial charge on any atom is 0.408 e. The van der Waals surface area contributed by atoms with Crippen molar-refractivity contribution >= 4 is 23.9 Å². The van der Waals surface area contributed by atoms with E-state index in [9.17, 15) is 24.3 Å². The van der Waals surface area contributed by atoms with Crippen LogP contribution in [0.15, 0.2) is 60.7 Å². The normalized spacial score (nSPS) is 12.1. The van der Waals surface area contributed by atoms with Crippen LogP contribution in [0.5, 0.6) is 0 Å². The molecule has 3 amide bonds.